The molecule has 14 heteroatoms. The molecule has 0 saturated carbocycles. The number of rotatable bonds is 26. The summed E-state index contributed by atoms with van der Waals surface area (Å²) in [5.74, 6) is -0.837. The van der Waals surface area contributed by atoms with Crippen molar-refractivity contribution in [2.45, 2.75) is 58.0 Å². The molecule has 0 saturated heterocycles. The first-order valence-corrected chi connectivity index (χ1v) is 17.7. The quantitative estimate of drug-likeness (QED) is 0.0253. The van der Waals surface area contributed by atoms with Gasteiger partial charge in [0.15, 0.2) is 6.29 Å². The fourth-order valence-corrected chi connectivity index (χ4v) is 4.65. The molecule has 0 heterocycles. The van der Waals surface area contributed by atoms with Gasteiger partial charge in [-0.3, -0.25) is 9.59 Å². The molecule has 3 rings (SSSR count). The molecule has 0 fully saturated rings. The number of aryl methyl sites for hydroxylation is 1. The van der Waals surface area contributed by atoms with Gasteiger partial charge < -0.3 is 48.1 Å². The number of unbranched alkanes of at least 4 members (excludes halogenated alkanes) is 1. The molecule has 0 radical (unpaired) electrons. The minimum atomic E-state index is -1.31. The van der Waals surface area contributed by atoms with E-state index in [4.69, 9.17) is 37.9 Å². The van der Waals surface area contributed by atoms with Crippen LogP contribution in [0.25, 0.3) is 0 Å². The molecule has 0 aliphatic rings. The number of aliphatic hydroxyl groups is 2. The summed E-state index contributed by atoms with van der Waals surface area (Å²) >= 11 is 0. The van der Waals surface area contributed by atoms with Crippen LogP contribution in [0.15, 0.2) is 92.0 Å². The molecule has 0 amide bonds. The zero-order valence-electron chi connectivity index (χ0n) is 30.9. The Bertz CT molecular complexity index is 1670. The zero-order chi connectivity index (χ0) is 39.8. The van der Waals surface area contributed by atoms with E-state index >= 15 is 0 Å². The molecule has 2 N–H and O–H groups in total. The lowest BCUT2D eigenvalue weighted by Gasteiger charge is -2.17. The van der Waals surface area contributed by atoms with Crippen LogP contribution in [0.3, 0.4) is 0 Å². The lowest BCUT2D eigenvalue weighted by Crippen LogP contribution is -2.16. The maximum atomic E-state index is 12.8. The minimum absolute atomic E-state index is 0.00871. The Labute approximate surface area is 320 Å². The van der Waals surface area contributed by atoms with Gasteiger partial charge >= 0.3 is 23.9 Å². The summed E-state index contributed by atoms with van der Waals surface area (Å²) in [6.07, 6.45) is 2.40. The van der Waals surface area contributed by atoms with Gasteiger partial charge in [0, 0.05) is 37.5 Å². The number of hydrogen-bond donors (Lipinski definition) is 2. The Morgan fingerprint density at radius 2 is 1.36 bits per heavy atom. The van der Waals surface area contributed by atoms with E-state index in [0.717, 1.165) is 6.08 Å². The summed E-state index contributed by atoms with van der Waals surface area (Å²) in [7, 11) is 0. The van der Waals surface area contributed by atoms with E-state index < -0.39 is 36.5 Å². The molecule has 2 unspecified atom stereocenters. The Kier molecular flexibility index (Phi) is 19.7. The third-order valence-corrected chi connectivity index (χ3v) is 7.47. The van der Waals surface area contributed by atoms with Crippen molar-refractivity contribution in [3.05, 3.63) is 109 Å². The highest BCUT2D eigenvalue weighted by atomic mass is 16.6. The normalized spacial score (nSPS) is 11.8. The first kappa shape index (κ1) is 43.9. The standard InChI is InChI=1S/C41H48O14/c1-4-22-48-24-27-51-37(43)10-8-11-39(45)53-33-18-14-31(15-19-33)41(47)55-35-21-20-34(28-29(35)3)54-40(46)30-12-16-32(17-13-30)52-38(44)9-6-7-23-49-25-26-50-36(42)5-2/h4-5,12-21,28,38,40,44,46H,1-2,6-11,22-27H2,3H3. The van der Waals surface area contributed by atoms with Crippen molar-refractivity contribution >= 4 is 23.9 Å². The number of carbonyl (C=O) groups excluding carboxylic acids is 4. The van der Waals surface area contributed by atoms with Gasteiger partial charge in [0.2, 0.25) is 6.29 Å². The van der Waals surface area contributed by atoms with Crippen LogP contribution in [-0.2, 0) is 33.3 Å². The largest absolute Gasteiger partial charge is 0.465 e. The van der Waals surface area contributed by atoms with Crippen LogP contribution < -0.4 is 18.9 Å². The Morgan fingerprint density at radius 3 is 2.07 bits per heavy atom. The lowest BCUT2D eigenvalue weighted by molar-refractivity contribution is -0.145. The minimum Gasteiger partial charge on any atom is -0.465 e. The first-order valence-electron chi connectivity index (χ1n) is 17.7. The van der Waals surface area contributed by atoms with Gasteiger partial charge in [-0.05, 0) is 98.5 Å². The average molecular weight is 765 g/mol. The van der Waals surface area contributed by atoms with E-state index in [1.54, 1.807) is 55.5 Å². The van der Waals surface area contributed by atoms with E-state index in [-0.39, 0.29) is 62.8 Å². The van der Waals surface area contributed by atoms with Gasteiger partial charge in [-0.2, -0.15) is 0 Å². The van der Waals surface area contributed by atoms with E-state index in [1.165, 1.54) is 24.3 Å². The topological polar surface area (TPSA) is 183 Å². The molecule has 0 aromatic heterocycles. The monoisotopic (exact) mass is 764 g/mol. The van der Waals surface area contributed by atoms with Gasteiger partial charge in [0.1, 0.15) is 36.2 Å². The highest BCUT2D eigenvalue weighted by Gasteiger charge is 2.15. The molecular weight excluding hydrogens is 716 g/mol. The number of benzene rings is 3. The average Bonchev–Trinajstić information content (AvgIpc) is 3.17. The van der Waals surface area contributed by atoms with Crippen LogP contribution in [0.5, 0.6) is 23.0 Å². The van der Waals surface area contributed by atoms with Crippen molar-refractivity contribution in [3.63, 3.8) is 0 Å². The van der Waals surface area contributed by atoms with Gasteiger partial charge in [-0.25, -0.2) is 9.59 Å². The Morgan fingerprint density at radius 1 is 0.691 bits per heavy atom. The van der Waals surface area contributed by atoms with E-state index in [0.29, 0.717) is 55.1 Å². The van der Waals surface area contributed by atoms with Crippen molar-refractivity contribution in [3.8, 4) is 23.0 Å². The van der Waals surface area contributed by atoms with Crippen molar-refractivity contribution in [1.29, 1.82) is 0 Å². The second kappa shape index (κ2) is 24.7. The Balaban J connectivity index is 1.36. The summed E-state index contributed by atoms with van der Waals surface area (Å²) in [5, 5.41) is 20.9. The van der Waals surface area contributed by atoms with E-state index in [9.17, 15) is 29.4 Å². The van der Waals surface area contributed by atoms with Gasteiger partial charge in [0.25, 0.3) is 0 Å². The fraction of sp³-hybridized carbons (Fsp3) is 0.366. The molecule has 14 nitrogen and oxygen atoms in total. The molecule has 0 aliphatic carbocycles. The molecule has 2 atom stereocenters. The number of hydrogen-bond acceptors (Lipinski definition) is 14. The smallest absolute Gasteiger partial charge is 0.343 e. The summed E-state index contributed by atoms with van der Waals surface area (Å²) < 4.78 is 42.4. The molecule has 0 aliphatic heterocycles. The van der Waals surface area contributed by atoms with E-state index in [1.807, 2.05) is 0 Å². The van der Waals surface area contributed by atoms with Gasteiger partial charge in [-0.1, -0.05) is 12.7 Å². The fourth-order valence-electron chi connectivity index (χ4n) is 4.65. The van der Waals surface area contributed by atoms with Crippen LogP contribution in [0.1, 0.15) is 66.3 Å². The second-order valence-electron chi connectivity index (χ2n) is 11.8. The van der Waals surface area contributed by atoms with Crippen molar-refractivity contribution in [1.82, 2.24) is 0 Å². The van der Waals surface area contributed by atoms with Gasteiger partial charge in [0.05, 0.1) is 25.4 Å². The number of esters is 4. The molecule has 3 aromatic rings. The summed E-state index contributed by atoms with van der Waals surface area (Å²) in [5.41, 5.74) is 1.25. The van der Waals surface area contributed by atoms with Crippen LogP contribution >= 0.6 is 0 Å². The zero-order valence-corrected chi connectivity index (χ0v) is 30.9. The molecule has 3 aromatic carbocycles. The summed E-state index contributed by atoms with van der Waals surface area (Å²) in [4.78, 5) is 47.7. The maximum Gasteiger partial charge on any atom is 0.343 e. The predicted molar refractivity (Wildman–Crippen MR) is 199 cm³/mol. The summed E-state index contributed by atoms with van der Waals surface area (Å²) in [6, 6.07) is 17.0. The lowest BCUT2D eigenvalue weighted by atomic mass is 10.2. The SMILES string of the molecule is C=CCOCCOC(=O)CCCC(=O)Oc1ccc(C(=O)Oc2ccc(OC(O)c3ccc(OC(O)CCCCOCCOC(=O)C=C)cc3)cc2C)cc1. The number of aliphatic hydroxyl groups excluding tert-OH is 2. The molecule has 55 heavy (non-hydrogen) atoms. The van der Waals surface area contributed by atoms with Crippen molar-refractivity contribution < 1.29 is 67.3 Å². The van der Waals surface area contributed by atoms with Crippen LogP contribution in [0.4, 0.5) is 0 Å². The highest BCUT2D eigenvalue weighted by molar-refractivity contribution is 5.91. The Hall–Kier alpha value is -5.54. The first-order chi connectivity index (χ1) is 26.6. The van der Waals surface area contributed by atoms with Crippen molar-refractivity contribution in [2.75, 3.05) is 39.6 Å². The summed E-state index contributed by atoms with van der Waals surface area (Å²) in [6.45, 7) is 10.2. The second-order valence-corrected chi connectivity index (χ2v) is 11.8. The van der Waals surface area contributed by atoms with Crippen LogP contribution in [0, 0.1) is 6.92 Å². The van der Waals surface area contributed by atoms with Crippen molar-refractivity contribution in [2.24, 2.45) is 0 Å². The highest BCUT2D eigenvalue weighted by Crippen LogP contribution is 2.28. The maximum absolute atomic E-state index is 12.8. The van der Waals surface area contributed by atoms with Crippen LogP contribution in [0.2, 0.25) is 0 Å². The molecule has 296 valence electrons. The molecule has 0 spiro atoms. The molecule has 0 bridgehead atoms. The predicted octanol–water partition coefficient (Wildman–Crippen LogP) is 5.72. The van der Waals surface area contributed by atoms with Gasteiger partial charge in [-0.15, -0.1) is 6.58 Å². The third kappa shape index (κ3) is 17.4. The van der Waals surface area contributed by atoms with Crippen LogP contribution in [-0.4, -0.2) is 80.0 Å². The number of carbonyl (C=O) groups is 4. The molecular formula is C41H48O14. The van der Waals surface area contributed by atoms with E-state index in [2.05, 4.69) is 13.2 Å². The third-order valence-electron chi connectivity index (χ3n) is 7.47. The number of ether oxygens (including phenoxy) is 8.